The Morgan fingerprint density at radius 3 is 2.22 bits per heavy atom. The van der Waals surface area contributed by atoms with Crippen molar-refractivity contribution in [1.82, 2.24) is 10.2 Å². The first kappa shape index (κ1) is 27.5. The van der Waals surface area contributed by atoms with Crippen LogP contribution in [0.5, 0.6) is 5.75 Å². The number of hydrogen-bond donors (Lipinski definition) is 1. The van der Waals surface area contributed by atoms with Crippen LogP contribution >= 0.6 is 0 Å². The van der Waals surface area contributed by atoms with Gasteiger partial charge in [0.15, 0.2) is 0 Å². The first-order valence-corrected chi connectivity index (χ1v) is 14.3. The van der Waals surface area contributed by atoms with Gasteiger partial charge in [0.25, 0.3) is 0 Å². The summed E-state index contributed by atoms with van der Waals surface area (Å²) in [4.78, 5) is 28.6. The molecule has 1 N–H and O–H groups in total. The Labute approximate surface area is 214 Å². The molecule has 0 heterocycles. The maximum atomic E-state index is 13.7. The fourth-order valence-electron chi connectivity index (χ4n) is 4.60. The maximum Gasteiger partial charge on any atom is 0.244 e. The topological polar surface area (TPSA) is 96.0 Å². The highest BCUT2D eigenvalue weighted by Gasteiger charge is 2.32. The van der Waals surface area contributed by atoms with Crippen LogP contribution in [0.2, 0.25) is 0 Å². The SMILES string of the molecule is CC[C@H](C(=O)NC1CCCCC1)N(Cc1ccc(OC)cc1)C(=O)CN(c1ccccc1)S(C)(=O)=O. The van der Waals surface area contributed by atoms with Gasteiger partial charge in [-0.3, -0.25) is 13.9 Å². The highest BCUT2D eigenvalue weighted by molar-refractivity contribution is 7.92. The molecule has 196 valence electrons. The second-order valence-corrected chi connectivity index (χ2v) is 11.1. The van der Waals surface area contributed by atoms with Crippen molar-refractivity contribution in [2.75, 3.05) is 24.2 Å². The van der Waals surface area contributed by atoms with Crippen LogP contribution in [-0.4, -0.2) is 57.1 Å². The van der Waals surface area contributed by atoms with E-state index in [1.165, 1.54) is 11.3 Å². The molecule has 8 nitrogen and oxygen atoms in total. The number of benzene rings is 2. The van der Waals surface area contributed by atoms with Gasteiger partial charge in [0.1, 0.15) is 18.3 Å². The van der Waals surface area contributed by atoms with Crippen LogP contribution in [0.1, 0.15) is 51.0 Å². The molecule has 2 aromatic rings. The van der Waals surface area contributed by atoms with Gasteiger partial charge in [-0.25, -0.2) is 8.42 Å². The zero-order chi connectivity index (χ0) is 26.1. The number of amides is 2. The Hall–Kier alpha value is -3.07. The molecule has 1 atom stereocenters. The van der Waals surface area contributed by atoms with E-state index in [9.17, 15) is 18.0 Å². The Balaban J connectivity index is 1.89. The fourth-order valence-corrected chi connectivity index (χ4v) is 5.45. The number of para-hydroxylation sites is 1. The van der Waals surface area contributed by atoms with Gasteiger partial charge in [-0.2, -0.15) is 0 Å². The average molecular weight is 516 g/mol. The number of methoxy groups -OCH3 is 1. The molecule has 1 aliphatic rings. The molecule has 1 saturated carbocycles. The predicted molar refractivity (Wildman–Crippen MR) is 141 cm³/mol. The third kappa shape index (κ3) is 7.46. The van der Waals surface area contributed by atoms with E-state index in [0.29, 0.717) is 17.9 Å². The quantitative estimate of drug-likeness (QED) is 0.492. The van der Waals surface area contributed by atoms with E-state index in [2.05, 4.69) is 5.32 Å². The number of sulfonamides is 1. The third-order valence-corrected chi connectivity index (χ3v) is 7.71. The second kappa shape index (κ2) is 12.8. The Kier molecular flexibility index (Phi) is 9.75. The van der Waals surface area contributed by atoms with Crippen LogP contribution in [0, 0.1) is 0 Å². The molecule has 1 fully saturated rings. The molecule has 0 unspecified atom stereocenters. The lowest BCUT2D eigenvalue weighted by molar-refractivity contribution is -0.140. The van der Waals surface area contributed by atoms with Crippen molar-refractivity contribution in [2.45, 2.75) is 64.1 Å². The lowest BCUT2D eigenvalue weighted by Crippen LogP contribution is -2.53. The lowest BCUT2D eigenvalue weighted by Gasteiger charge is -2.34. The molecular weight excluding hydrogens is 478 g/mol. The number of ether oxygens (including phenoxy) is 1. The van der Waals surface area contributed by atoms with Gasteiger partial charge in [-0.05, 0) is 49.1 Å². The van der Waals surface area contributed by atoms with E-state index in [-0.39, 0.29) is 18.5 Å². The van der Waals surface area contributed by atoms with Gasteiger partial charge in [-0.15, -0.1) is 0 Å². The van der Waals surface area contributed by atoms with Gasteiger partial charge < -0.3 is 15.0 Å². The molecule has 2 amide bonds. The first-order valence-electron chi connectivity index (χ1n) is 12.5. The van der Waals surface area contributed by atoms with Crippen molar-refractivity contribution in [1.29, 1.82) is 0 Å². The summed E-state index contributed by atoms with van der Waals surface area (Å²) >= 11 is 0. The molecule has 9 heteroatoms. The van der Waals surface area contributed by atoms with Crippen LogP contribution in [-0.2, 0) is 26.2 Å². The standard InChI is InChI=1S/C27H37N3O5S/c1-4-25(27(32)28-22-11-7-5-8-12-22)29(19-21-15-17-24(35-2)18-16-21)26(31)20-30(36(3,33)34)23-13-9-6-10-14-23/h6,9-10,13-18,22,25H,4-5,7-8,11-12,19-20H2,1-3H3,(H,28,32)/t25-/m1/s1. The minimum Gasteiger partial charge on any atom is -0.497 e. The number of anilines is 1. The van der Waals surface area contributed by atoms with Crippen molar-refractivity contribution in [2.24, 2.45) is 0 Å². The summed E-state index contributed by atoms with van der Waals surface area (Å²) < 4.78 is 31.6. The molecule has 0 bridgehead atoms. The van der Waals surface area contributed by atoms with Crippen LogP contribution in [0.25, 0.3) is 0 Å². The van der Waals surface area contributed by atoms with Gasteiger partial charge in [-0.1, -0.05) is 56.5 Å². The van der Waals surface area contributed by atoms with E-state index in [4.69, 9.17) is 4.74 Å². The minimum absolute atomic E-state index is 0.107. The predicted octanol–water partition coefficient (Wildman–Crippen LogP) is 3.72. The fraction of sp³-hybridized carbons (Fsp3) is 0.481. The number of nitrogens with one attached hydrogen (secondary N) is 1. The number of carbonyl (C=O) groups is 2. The monoisotopic (exact) mass is 515 g/mol. The van der Waals surface area contributed by atoms with Gasteiger partial charge in [0, 0.05) is 12.6 Å². The van der Waals surface area contributed by atoms with Gasteiger partial charge in [0.2, 0.25) is 21.8 Å². The van der Waals surface area contributed by atoms with Crippen molar-refractivity contribution in [3.63, 3.8) is 0 Å². The third-order valence-electron chi connectivity index (χ3n) is 6.57. The number of nitrogens with zero attached hydrogens (tertiary/aromatic N) is 2. The molecule has 1 aliphatic carbocycles. The number of carbonyl (C=O) groups excluding carboxylic acids is 2. The van der Waals surface area contributed by atoms with E-state index in [1.54, 1.807) is 49.6 Å². The normalized spacial score (nSPS) is 15.1. The molecule has 0 radical (unpaired) electrons. The number of rotatable bonds is 11. The highest BCUT2D eigenvalue weighted by Crippen LogP contribution is 2.22. The second-order valence-electron chi connectivity index (χ2n) is 9.24. The van der Waals surface area contributed by atoms with E-state index in [1.807, 2.05) is 19.1 Å². The maximum absolute atomic E-state index is 13.7. The highest BCUT2D eigenvalue weighted by atomic mass is 32.2. The molecule has 0 saturated heterocycles. The molecule has 2 aromatic carbocycles. The Morgan fingerprint density at radius 1 is 1.03 bits per heavy atom. The van der Waals surface area contributed by atoms with Crippen LogP contribution in [0.3, 0.4) is 0 Å². The molecule has 36 heavy (non-hydrogen) atoms. The van der Waals surface area contributed by atoms with Gasteiger partial charge >= 0.3 is 0 Å². The smallest absolute Gasteiger partial charge is 0.244 e. The summed E-state index contributed by atoms with van der Waals surface area (Å²) in [5.74, 6) is 0.0497. The zero-order valence-electron chi connectivity index (χ0n) is 21.4. The largest absolute Gasteiger partial charge is 0.497 e. The first-order chi connectivity index (χ1) is 17.2. The van der Waals surface area contributed by atoms with E-state index in [0.717, 1.165) is 41.8 Å². The molecular formula is C27H37N3O5S. The van der Waals surface area contributed by atoms with Crippen LogP contribution in [0.4, 0.5) is 5.69 Å². The van der Waals surface area contributed by atoms with Gasteiger partial charge in [0.05, 0.1) is 19.1 Å². The molecule has 0 aromatic heterocycles. The Morgan fingerprint density at radius 2 is 1.67 bits per heavy atom. The summed E-state index contributed by atoms with van der Waals surface area (Å²) in [5.41, 5.74) is 1.22. The summed E-state index contributed by atoms with van der Waals surface area (Å²) in [5, 5.41) is 3.14. The van der Waals surface area contributed by atoms with Crippen molar-refractivity contribution >= 4 is 27.5 Å². The molecule has 0 aliphatic heterocycles. The number of hydrogen-bond acceptors (Lipinski definition) is 5. The Bertz CT molecular complexity index is 1100. The summed E-state index contributed by atoms with van der Waals surface area (Å²) in [6.07, 6.45) is 6.69. The summed E-state index contributed by atoms with van der Waals surface area (Å²) in [7, 11) is -2.15. The minimum atomic E-state index is -3.74. The average Bonchev–Trinajstić information content (AvgIpc) is 2.87. The van der Waals surface area contributed by atoms with Crippen molar-refractivity contribution < 1.29 is 22.7 Å². The van der Waals surface area contributed by atoms with Crippen LogP contribution in [0.15, 0.2) is 54.6 Å². The lowest BCUT2D eigenvalue weighted by atomic mass is 9.95. The molecule has 0 spiro atoms. The van der Waals surface area contributed by atoms with Crippen molar-refractivity contribution in [3.05, 3.63) is 60.2 Å². The zero-order valence-corrected chi connectivity index (χ0v) is 22.2. The van der Waals surface area contributed by atoms with Crippen LogP contribution < -0.4 is 14.4 Å². The molecule has 3 rings (SSSR count). The van der Waals surface area contributed by atoms with Crippen molar-refractivity contribution in [3.8, 4) is 5.75 Å². The van der Waals surface area contributed by atoms with E-state index < -0.39 is 28.5 Å². The summed E-state index contributed by atoms with van der Waals surface area (Å²) in [6, 6.07) is 15.2. The summed E-state index contributed by atoms with van der Waals surface area (Å²) in [6.45, 7) is 1.64. The van der Waals surface area contributed by atoms with E-state index >= 15 is 0 Å².